The van der Waals surface area contributed by atoms with Gasteiger partial charge in [-0.15, -0.1) is 0 Å². The van der Waals surface area contributed by atoms with E-state index in [0.717, 1.165) is 45.0 Å². The van der Waals surface area contributed by atoms with Crippen LogP contribution in [0.1, 0.15) is 0 Å². The van der Waals surface area contributed by atoms with Crippen LogP contribution in [0.2, 0.25) is 0 Å². The minimum Gasteiger partial charge on any atom is -0.307 e. The molecule has 262 valence electrons. The van der Waals surface area contributed by atoms with Gasteiger partial charge in [0.25, 0.3) is 0 Å². The van der Waals surface area contributed by atoms with Gasteiger partial charge < -0.3 is 9.13 Å². The van der Waals surface area contributed by atoms with E-state index < -0.39 is 0 Å². The maximum absolute atomic E-state index is 5.13. The predicted molar refractivity (Wildman–Crippen MR) is 235 cm³/mol. The lowest BCUT2D eigenvalue weighted by Gasteiger charge is -2.16. The highest BCUT2D eigenvalue weighted by atomic mass is 15.0. The molecule has 3 heterocycles. The first kappa shape index (κ1) is 32.0. The van der Waals surface area contributed by atoms with E-state index in [4.69, 9.17) is 4.98 Å². The molecule has 11 rings (SSSR count). The third-order valence-electron chi connectivity index (χ3n) is 11.1. The highest BCUT2D eigenvalue weighted by Crippen LogP contribution is 2.43. The molecule has 0 fully saturated rings. The van der Waals surface area contributed by atoms with Crippen molar-refractivity contribution in [3.05, 3.63) is 212 Å². The lowest BCUT2D eigenvalue weighted by molar-refractivity contribution is 1.15. The van der Waals surface area contributed by atoms with Crippen molar-refractivity contribution < 1.29 is 0 Å². The van der Waals surface area contributed by atoms with Crippen LogP contribution in [0, 0.1) is 0 Å². The molecule has 0 N–H and O–H groups in total. The van der Waals surface area contributed by atoms with E-state index in [-0.39, 0.29) is 0 Å². The topological polar surface area (TPSA) is 22.8 Å². The standard InChI is InChI=1S/C53H35N3/c1-4-16-37(17-5-1)42-22-10-13-25-49(42)56-51-27-15-12-24-44(51)46-33-32-45-43-23-11-14-26-50(43)55(52(45)53(46)56)41-30-28-36(29-31-41)40-34-47(38-18-6-2-7-19-38)54-48(35-40)39-20-8-3-9-21-39/h1-35H. The normalized spacial score (nSPS) is 11.6. The van der Waals surface area contributed by atoms with Crippen molar-refractivity contribution in [3.63, 3.8) is 0 Å². The highest BCUT2D eigenvalue weighted by molar-refractivity contribution is 6.24. The molecule has 0 aliphatic heterocycles. The number of hydrogen-bond acceptors (Lipinski definition) is 1. The van der Waals surface area contributed by atoms with Crippen LogP contribution in [0.3, 0.4) is 0 Å². The fourth-order valence-electron chi connectivity index (χ4n) is 8.56. The van der Waals surface area contributed by atoms with E-state index in [1.807, 2.05) is 12.1 Å². The zero-order chi connectivity index (χ0) is 37.0. The van der Waals surface area contributed by atoms with Gasteiger partial charge in [0, 0.05) is 43.9 Å². The molecule has 0 aliphatic carbocycles. The summed E-state index contributed by atoms with van der Waals surface area (Å²) in [5.41, 5.74) is 15.8. The van der Waals surface area contributed by atoms with Gasteiger partial charge in [0.2, 0.25) is 0 Å². The summed E-state index contributed by atoms with van der Waals surface area (Å²) in [5, 5.41) is 4.93. The Morgan fingerprint density at radius 1 is 0.304 bits per heavy atom. The number of nitrogens with zero attached hydrogens (tertiary/aromatic N) is 3. The Kier molecular flexibility index (Phi) is 7.49. The van der Waals surface area contributed by atoms with Crippen LogP contribution in [-0.2, 0) is 0 Å². The molecule has 0 atom stereocenters. The quantitative estimate of drug-likeness (QED) is 0.168. The fourth-order valence-corrected chi connectivity index (χ4v) is 8.56. The second kappa shape index (κ2) is 13.1. The number of pyridine rings is 1. The zero-order valence-corrected chi connectivity index (χ0v) is 30.5. The minimum absolute atomic E-state index is 0.958. The average Bonchev–Trinajstić information content (AvgIpc) is 3.80. The molecule has 0 saturated heterocycles. The van der Waals surface area contributed by atoms with Gasteiger partial charge in [0.15, 0.2) is 0 Å². The summed E-state index contributed by atoms with van der Waals surface area (Å²) in [6, 6.07) is 76.2. The molecular weight excluding hydrogens is 679 g/mol. The maximum atomic E-state index is 5.13. The van der Waals surface area contributed by atoms with Crippen molar-refractivity contribution in [1.82, 2.24) is 14.1 Å². The van der Waals surface area contributed by atoms with Crippen LogP contribution in [0.5, 0.6) is 0 Å². The molecule has 8 aromatic carbocycles. The van der Waals surface area contributed by atoms with E-state index in [1.54, 1.807) is 0 Å². The summed E-state index contributed by atoms with van der Waals surface area (Å²) in [7, 11) is 0. The molecule has 0 unspecified atom stereocenters. The Morgan fingerprint density at radius 2 is 0.768 bits per heavy atom. The Morgan fingerprint density at radius 3 is 1.36 bits per heavy atom. The number of aromatic nitrogens is 3. The maximum Gasteiger partial charge on any atom is 0.0789 e. The number of fused-ring (bicyclic) bond motifs is 7. The van der Waals surface area contributed by atoms with E-state index in [9.17, 15) is 0 Å². The first-order valence-electron chi connectivity index (χ1n) is 19.1. The predicted octanol–water partition coefficient (Wildman–Crippen LogP) is 13.9. The molecule has 0 amide bonds. The molecule has 0 aliphatic rings. The third-order valence-corrected chi connectivity index (χ3v) is 11.1. The van der Waals surface area contributed by atoms with Crippen LogP contribution in [0.4, 0.5) is 0 Å². The summed E-state index contributed by atoms with van der Waals surface area (Å²) in [6.07, 6.45) is 0. The molecular formula is C53H35N3. The molecule has 3 aromatic heterocycles. The van der Waals surface area contributed by atoms with Crippen molar-refractivity contribution in [2.24, 2.45) is 0 Å². The largest absolute Gasteiger partial charge is 0.307 e. The van der Waals surface area contributed by atoms with Crippen molar-refractivity contribution in [2.45, 2.75) is 0 Å². The van der Waals surface area contributed by atoms with Gasteiger partial charge in [-0.1, -0.05) is 170 Å². The van der Waals surface area contributed by atoms with Crippen LogP contribution >= 0.6 is 0 Å². The summed E-state index contributed by atoms with van der Waals surface area (Å²) < 4.78 is 4.96. The molecule has 0 saturated carbocycles. The zero-order valence-electron chi connectivity index (χ0n) is 30.5. The Balaban J connectivity index is 1.16. The van der Waals surface area contributed by atoms with Gasteiger partial charge in [-0.05, 0) is 59.2 Å². The third kappa shape index (κ3) is 5.17. The second-order valence-electron chi connectivity index (χ2n) is 14.4. The molecule has 3 nitrogen and oxygen atoms in total. The first-order chi connectivity index (χ1) is 27.8. The van der Waals surface area contributed by atoms with Crippen molar-refractivity contribution in [2.75, 3.05) is 0 Å². The lowest BCUT2D eigenvalue weighted by atomic mass is 10.00. The summed E-state index contributed by atoms with van der Waals surface area (Å²) >= 11 is 0. The Labute approximate surface area is 325 Å². The van der Waals surface area contributed by atoms with E-state index in [1.165, 1.54) is 54.7 Å². The summed E-state index contributed by atoms with van der Waals surface area (Å²) in [6.45, 7) is 0. The monoisotopic (exact) mass is 713 g/mol. The van der Waals surface area contributed by atoms with Gasteiger partial charge in [-0.3, -0.25) is 0 Å². The lowest BCUT2D eigenvalue weighted by Crippen LogP contribution is -2.00. The number of para-hydroxylation sites is 3. The van der Waals surface area contributed by atoms with Gasteiger partial charge in [-0.2, -0.15) is 0 Å². The van der Waals surface area contributed by atoms with Crippen LogP contribution < -0.4 is 0 Å². The van der Waals surface area contributed by atoms with E-state index >= 15 is 0 Å². The highest BCUT2D eigenvalue weighted by Gasteiger charge is 2.22. The Bertz CT molecular complexity index is 3150. The van der Waals surface area contributed by atoms with Crippen LogP contribution in [0.15, 0.2) is 212 Å². The molecule has 3 heteroatoms. The molecule has 0 spiro atoms. The van der Waals surface area contributed by atoms with Gasteiger partial charge in [0.05, 0.1) is 39.1 Å². The fraction of sp³-hybridized carbons (Fsp3) is 0. The number of benzene rings is 8. The van der Waals surface area contributed by atoms with E-state index in [0.29, 0.717) is 0 Å². The number of hydrogen-bond donors (Lipinski definition) is 0. The van der Waals surface area contributed by atoms with Crippen molar-refractivity contribution in [3.8, 4) is 56.1 Å². The van der Waals surface area contributed by atoms with Crippen LogP contribution in [0.25, 0.3) is 99.8 Å². The number of rotatable bonds is 6. The Hall–Kier alpha value is -7.49. The molecule has 0 radical (unpaired) electrons. The molecule has 56 heavy (non-hydrogen) atoms. The van der Waals surface area contributed by atoms with Gasteiger partial charge in [-0.25, -0.2) is 4.98 Å². The SMILES string of the molecule is c1ccc(-c2cc(-c3ccc(-n4c5ccccc5c5ccc6c7ccccc7n(-c7ccccc7-c7ccccc7)c6c54)cc3)cc(-c3ccccc3)n2)cc1. The summed E-state index contributed by atoms with van der Waals surface area (Å²) in [4.78, 5) is 5.13. The molecule has 11 aromatic rings. The second-order valence-corrected chi connectivity index (χ2v) is 14.4. The first-order valence-corrected chi connectivity index (χ1v) is 19.1. The minimum atomic E-state index is 0.958. The smallest absolute Gasteiger partial charge is 0.0789 e. The van der Waals surface area contributed by atoms with Crippen molar-refractivity contribution >= 4 is 43.6 Å². The van der Waals surface area contributed by atoms with Gasteiger partial charge >= 0.3 is 0 Å². The van der Waals surface area contributed by atoms with Crippen molar-refractivity contribution in [1.29, 1.82) is 0 Å². The van der Waals surface area contributed by atoms with E-state index in [2.05, 4.69) is 209 Å². The van der Waals surface area contributed by atoms with Crippen LogP contribution in [-0.4, -0.2) is 14.1 Å². The van der Waals surface area contributed by atoms with Gasteiger partial charge in [0.1, 0.15) is 0 Å². The summed E-state index contributed by atoms with van der Waals surface area (Å²) in [5.74, 6) is 0. The average molecular weight is 714 g/mol. The molecule has 0 bridgehead atoms.